The average Bonchev–Trinajstić information content (AvgIpc) is 3.30. The molecule has 0 unspecified atom stereocenters. The van der Waals surface area contributed by atoms with Crippen LogP contribution in [0.25, 0.3) is 21.8 Å². The van der Waals surface area contributed by atoms with Crippen LogP contribution in [0.15, 0.2) is 42.6 Å². The number of nitrogens with zero attached hydrogens (tertiary/aromatic N) is 2. The molecular formula is C18H14N4O3. The Hall–Kier alpha value is -3.48. The summed E-state index contributed by atoms with van der Waals surface area (Å²) in [6, 6.07) is 11.5. The molecule has 0 saturated heterocycles. The van der Waals surface area contributed by atoms with Gasteiger partial charge in [0, 0.05) is 22.5 Å². The van der Waals surface area contributed by atoms with Crippen molar-refractivity contribution in [3.63, 3.8) is 0 Å². The molecule has 1 aliphatic heterocycles. The third-order valence-corrected chi connectivity index (χ3v) is 4.24. The van der Waals surface area contributed by atoms with Crippen molar-refractivity contribution in [2.24, 2.45) is 0 Å². The molecule has 25 heavy (non-hydrogen) atoms. The Labute approximate surface area is 142 Å². The van der Waals surface area contributed by atoms with E-state index in [-0.39, 0.29) is 6.79 Å². The van der Waals surface area contributed by atoms with E-state index in [9.17, 15) is 0 Å². The standard InChI is InChI=1S/C18H14N4O3/c1-23-14-4-2-3-11-12-8-19-22-17(12)18(21-16(11)14)20-10-5-6-13-15(7-10)25-9-24-13/h2-8H,9H2,1H3,(H,19,22)(H,20,21). The van der Waals surface area contributed by atoms with Crippen molar-refractivity contribution < 1.29 is 14.2 Å². The van der Waals surface area contributed by atoms with Crippen molar-refractivity contribution in [3.05, 3.63) is 42.6 Å². The Morgan fingerprint density at radius 3 is 2.96 bits per heavy atom. The van der Waals surface area contributed by atoms with E-state index in [0.717, 1.165) is 33.2 Å². The average molecular weight is 334 g/mol. The van der Waals surface area contributed by atoms with Crippen LogP contribution in [0.2, 0.25) is 0 Å². The van der Waals surface area contributed by atoms with Crippen LogP contribution >= 0.6 is 0 Å². The molecule has 2 N–H and O–H groups in total. The lowest BCUT2D eigenvalue weighted by molar-refractivity contribution is 0.174. The SMILES string of the molecule is COc1cccc2c1nc(Nc1ccc3c(c1)OCO3)c1[nH]ncc12. The maximum atomic E-state index is 5.46. The molecule has 0 bridgehead atoms. The first-order valence-corrected chi connectivity index (χ1v) is 7.80. The second-order valence-corrected chi connectivity index (χ2v) is 5.67. The monoisotopic (exact) mass is 334 g/mol. The van der Waals surface area contributed by atoms with Crippen molar-refractivity contribution in [1.82, 2.24) is 15.2 Å². The highest BCUT2D eigenvalue weighted by Gasteiger charge is 2.16. The quantitative estimate of drug-likeness (QED) is 0.596. The van der Waals surface area contributed by atoms with Gasteiger partial charge in [-0.1, -0.05) is 12.1 Å². The van der Waals surface area contributed by atoms with Gasteiger partial charge in [-0.2, -0.15) is 5.10 Å². The summed E-state index contributed by atoms with van der Waals surface area (Å²) in [6.07, 6.45) is 1.80. The van der Waals surface area contributed by atoms with Crippen LogP contribution in [0.3, 0.4) is 0 Å². The summed E-state index contributed by atoms with van der Waals surface area (Å²) in [7, 11) is 1.64. The molecular weight excluding hydrogens is 320 g/mol. The summed E-state index contributed by atoms with van der Waals surface area (Å²) in [5, 5.41) is 12.5. The summed E-state index contributed by atoms with van der Waals surface area (Å²) >= 11 is 0. The molecule has 0 radical (unpaired) electrons. The van der Waals surface area contributed by atoms with E-state index in [2.05, 4.69) is 15.5 Å². The highest BCUT2D eigenvalue weighted by molar-refractivity contribution is 6.10. The van der Waals surface area contributed by atoms with Gasteiger partial charge in [0.25, 0.3) is 0 Å². The van der Waals surface area contributed by atoms with Crippen LogP contribution in [0.1, 0.15) is 0 Å². The Bertz CT molecular complexity index is 1110. The summed E-state index contributed by atoms with van der Waals surface area (Å²) in [5.41, 5.74) is 2.46. The van der Waals surface area contributed by atoms with Gasteiger partial charge >= 0.3 is 0 Å². The van der Waals surface area contributed by atoms with Gasteiger partial charge in [0.15, 0.2) is 17.3 Å². The molecule has 0 fully saturated rings. The van der Waals surface area contributed by atoms with E-state index in [4.69, 9.17) is 19.2 Å². The third kappa shape index (κ3) is 2.13. The number of rotatable bonds is 3. The molecule has 5 rings (SSSR count). The summed E-state index contributed by atoms with van der Waals surface area (Å²) in [5.74, 6) is 2.84. The van der Waals surface area contributed by atoms with Gasteiger partial charge in [-0.05, 0) is 18.2 Å². The van der Waals surface area contributed by atoms with Gasteiger partial charge in [0.05, 0.1) is 13.3 Å². The fraction of sp³-hybridized carbons (Fsp3) is 0.111. The molecule has 0 spiro atoms. The maximum Gasteiger partial charge on any atom is 0.231 e. The molecule has 0 atom stereocenters. The fourth-order valence-electron chi connectivity index (χ4n) is 3.06. The van der Waals surface area contributed by atoms with Gasteiger partial charge in [-0.15, -0.1) is 0 Å². The van der Waals surface area contributed by atoms with Gasteiger partial charge in [-0.3, -0.25) is 5.10 Å². The smallest absolute Gasteiger partial charge is 0.231 e. The van der Waals surface area contributed by atoms with E-state index in [1.165, 1.54) is 0 Å². The number of nitrogens with one attached hydrogen (secondary N) is 2. The van der Waals surface area contributed by atoms with E-state index in [1.54, 1.807) is 13.3 Å². The number of ether oxygens (including phenoxy) is 3. The van der Waals surface area contributed by atoms with E-state index in [1.807, 2.05) is 36.4 Å². The van der Waals surface area contributed by atoms with E-state index < -0.39 is 0 Å². The number of anilines is 2. The van der Waals surface area contributed by atoms with E-state index in [0.29, 0.717) is 17.3 Å². The van der Waals surface area contributed by atoms with Crippen molar-refractivity contribution in [2.75, 3.05) is 19.2 Å². The lowest BCUT2D eigenvalue weighted by Gasteiger charge is -2.11. The number of pyridine rings is 1. The lowest BCUT2D eigenvalue weighted by atomic mass is 10.1. The molecule has 124 valence electrons. The zero-order chi connectivity index (χ0) is 16.8. The topological polar surface area (TPSA) is 81.3 Å². The molecule has 0 amide bonds. The zero-order valence-electron chi connectivity index (χ0n) is 13.4. The van der Waals surface area contributed by atoms with Crippen molar-refractivity contribution in [3.8, 4) is 17.2 Å². The van der Waals surface area contributed by atoms with Gasteiger partial charge in [0.2, 0.25) is 6.79 Å². The number of fused-ring (bicyclic) bond motifs is 4. The largest absolute Gasteiger partial charge is 0.494 e. The van der Waals surface area contributed by atoms with Crippen LogP contribution in [0, 0.1) is 0 Å². The van der Waals surface area contributed by atoms with Crippen LogP contribution < -0.4 is 19.5 Å². The number of methoxy groups -OCH3 is 1. The van der Waals surface area contributed by atoms with Gasteiger partial charge in [0.1, 0.15) is 16.8 Å². The first-order chi connectivity index (χ1) is 12.3. The molecule has 0 aliphatic carbocycles. The molecule has 2 aromatic heterocycles. The summed E-state index contributed by atoms with van der Waals surface area (Å²) < 4.78 is 16.2. The Kier molecular flexibility index (Phi) is 2.93. The number of benzene rings is 2. The number of hydrogen-bond donors (Lipinski definition) is 2. The predicted molar refractivity (Wildman–Crippen MR) is 93.8 cm³/mol. The number of aromatic nitrogens is 3. The number of para-hydroxylation sites is 1. The minimum Gasteiger partial charge on any atom is -0.494 e. The van der Waals surface area contributed by atoms with Crippen LogP contribution in [-0.2, 0) is 0 Å². The second-order valence-electron chi connectivity index (χ2n) is 5.67. The van der Waals surface area contributed by atoms with Crippen LogP contribution in [0.4, 0.5) is 11.5 Å². The van der Waals surface area contributed by atoms with Crippen molar-refractivity contribution in [1.29, 1.82) is 0 Å². The Morgan fingerprint density at radius 2 is 2.04 bits per heavy atom. The first-order valence-electron chi connectivity index (χ1n) is 7.80. The number of aromatic amines is 1. The highest BCUT2D eigenvalue weighted by atomic mass is 16.7. The first kappa shape index (κ1) is 13.9. The minimum absolute atomic E-state index is 0.245. The number of hydrogen-bond acceptors (Lipinski definition) is 6. The van der Waals surface area contributed by atoms with Gasteiger partial charge < -0.3 is 19.5 Å². The molecule has 0 saturated carbocycles. The number of H-pyrrole nitrogens is 1. The van der Waals surface area contributed by atoms with Crippen molar-refractivity contribution in [2.45, 2.75) is 0 Å². The fourth-order valence-corrected chi connectivity index (χ4v) is 3.06. The van der Waals surface area contributed by atoms with Crippen molar-refractivity contribution >= 4 is 33.3 Å². The maximum absolute atomic E-state index is 5.46. The Balaban J connectivity index is 1.68. The molecule has 1 aliphatic rings. The molecule has 4 aromatic rings. The second kappa shape index (κ2) is 5.27. The minimum atomic E-state index is 0.245. The van der Waals surface area contributed by atoms with Crippen LogP contribution in [-0.4, -0.2) is 29.1 Å². The van der Waals surface area contributed by atoms with Crippen LogP contribution in [0.5, 0.6) is 17.2 Å². The van der Waals surface area contributed by atoms with E-state index >= 15 is 0 Å². The third-order valence-electron chi connectivity index (χ3n) is 4.24. The molecule has 7 nitrogen and oxygen atoms in total. The zero-order valence-corrected chi connectivity index (χ0v) is 13.4. The van der Waals surface area contributed by atoms with Gasteiger partial charge in [-0.25, -0.2) is 4.98 Å². The Morgan fingerprint density at radius 1 is 1.12 bits per heavy atom. The molecule has 2 aromatic carbocycles. The summed E-state index contributed by atoms with van der Waals surface area (Å²) in [4.78, 5) is 4.76. The highest BCUT2D eigenvalue weighted by Crippen LogP contribution is 2.37. The summed E-state index contributed by atoms with van der Waals surface area (Å²) in [6.45, 7) is 0.245. The predicted octanol–water partition coefficient (Wildman–Crippen LogP) is 3.59. The lowest BCUT2D eigenvalue weighted by Crippen LogP contribution is -1.97. The molecule has 7 heteroatoms. The normalized spacial score (nSPS) is 12.7. The molecule has 3 heterocycles.